The summed E-state index contributed by atoms with van der Waals surface area (Å²) in [5, 5.41) is 6.90. The summed E-state index contributed by atoms with van der Waals surface area (Å²) in [6.07, 6.45) is 5.19. The molecule has 2 N–H and O–H groups in total. The Morgan fingerprint density at radius 3 is 2.70 bits per heavy atom. The van der Waals surface area contributed by atoms with Crippen molar-refractivity contribution in [2.45, 2.75) is 50.5 Å². The summed E-state index contributed by atoms with van der Waals surface area (Å²) in [4.78, 5) is 11.4. The van der Waals surface area contributed by atoms with Crippen molar-refractivity contribution in [3.8, 4) is 5.88 Å². The number of rotatable bonds is 6. The average molecular weight is 474 g/mol. The van der Waals surface area contributed by atoms with E-state index < -0.39 is 0 Å². The third-order valence-corrected chi connectivity index (χ3v) is 6.96. The number of nitrogens with zero attached hydrogens (tertiary/aromatic N) is 3. The van der Waals surface area contributed by atoms with E-state index in [0.717, 1.165) is 43.6 Å². The first-order valence-corrected chi connectivity index (χ1v) is 12.0. The lowest BCUT2D eigenvalue weighted by atomic mass is 9.74. The SMILES string of the molecule is COc1cc(N2CCCC[C@@H]2C)nc(NC(=S)NCC2(c3ccc(F)cc3)CCOCC2)n1. The van der Waals surface area contributed by atoms with Crippen LogP contribution in [0.1, 0.15) is 44.6 Å². The Hall–Kier alpha value is -2.52. The molecule has 0 unspecified atom stereocenters. The molecule has 2 aromatic rings. The van der Waals surface area contributed by atoms with Crippen molar-refractivity contribution in [2.24, 2.45) is 0 Å². The third kappa shape index (κ3) is 5.70. The second-order valence-electron chi connectivity index (χ2n) is 8.84. The predicted molar refractivity (Wildman–Crippen MR) is 132 cm³/mol. The second kappa shape index (κ2) is 10.6. The lowest BCUT2D eigenvalue weighted by molar-refractivity contribution is 0.0515. The monoisotopic (exact) mass is 473 g/mol. The smallest absolute Gasteiger partial charge is 0.234 e. The first-order valence-electron chi connectivity index (χ1n) is 11.6. The van der Waals surface area contributed by atoms with E-state index in [1.165, 1.54) is 18.6 Å². The van der Waals surface area contributed by atoms with E-state index in [-0.39, 0.29) is 11.2 Å². The van der Waals surface area contributed by atoms with Gasteiger partial charge in [0.15, 0.2) is 5.11 Å². The van der Waals surface area contributed by atoms with E-state index in [9.17, 15) is 4.39 Å². The summed E-state index contributed by atoms with van der Waals surface area (Å²) < 4.78 is 24.5. The number of hydrogen-bond donors (Lipinski definition) is 2. The molecule has 2 aliphatic rings. The van der Waals surface area contributed by atoms with Gasteiger partial charge >= 0.3 is 0 Å². The summed E-state index contributed by atoms with van der Waals surface area (Å²) >= 11 is 5.58. The van der Waals surface area contributed by atoms with Crippen LogP contribution in [0.5, 0.6) is 5.88 Å². The molecule has 1 aromatic carbocycles. The molecule has 7 nitrogen and oxygen atoms in total. The van der Waals surface area contributed by atoms with Crippen molar-refractivity contribution in [3.05, 3.63) is 41.7 Å². The first-order chi connectivity index (χ1) is 16.0. The van der Waals surface area contributed by atoms with Crippen molar-refractivity contribution < 1.29 is 13.9 Å². The molecule has 0 aliphatic carbocycles. The normalized spacial score (nSPS) is 20.2. The Labute approximate surface area is 200 Å². The number of thiocarbonyl (C=S) groups is 1. The fourth-order valence-corrected chi connectivity index (χ4v) is 4.85. The number of ether oxygens (including phenoxy) is 2. The van der Waals surface area contributed by atoms with Crippen molar-refractivity contribution >= 4 is 29.1 Å². The predicted octanol–water partition coefficient (Wildman–Crippen LogP) is 4.04. The van der Waals surface area contributed by atoms with Gasteiger partial charge in [-0.1, -0.05) is 12.1 Å². The summed E-state index contributed by atoms with van der Waals surface area (Å²) in [6, 6.07) is 9.02. The van der Waals surface area contributed by atoms with Gasteiger partial charge < -0.3 is 25.0 Å². The molecule has 2 saturated heterocycles. The molecule has 0 radical (unpaired) electrons. The Balaban J connectivity index is 1.46. The molecule has 0 bridgehead atoms. The number of benzene rings is 1. The largest absolute Gasteiger partial charge is 0.481 e. The molecular weight excluding hydrogens is 441 g/mol. The van der Waals surface area contributed by atoms with Crippen molar-refractivity contribution in [2.75, 3.05) is 43.6 Å². The van der Waals surface area contributed by atoms with Gasteiger partial charge in [-0.3, -0.25) is 0 Å². The Bertz CT molecular complexity index is 952. The number of piperidine rings is 1. The maximum atomic E-state index is 13.5. The maximum absolute atomic E-state index is 13.5. The zero-order valence-corrected chi connectivity index (χ0v) is 20.1. The minimum absolute atomic E-state index is 0.179. The van der Waals surface area contributed by atoms with Gasteiger partial charge in [-0.15, -0.1) is 0 Å². The van der Waals surface area contributed by atoms with Gasteiger partial charge in [-0.25, -0.2) is 4.39 Å². The topological polar surface area (TPSA) is 71.5 Å². The van der Waals surface area contributed by atoms with E-state index in [4.69, 9.17) is 26.7 Å². The highest BCUT2D eigenvalue weighted by atomic mass is 32.1. The molecule has 3 heterocycles. The molecule has 0 spiro atoms. The van der Waals surface area contributed by atoms with Crippen molar-refractivity contribution in [1.29, 1.82) is 0 Å². The van der Waals surface area contributed by atoms with Crippen LogP contribution in [0.2, 0.25) is 0 Å². The van der Waals surface area contributed by atoms with Gasteiger partial charge in [0.1, 0.15) is 11.6 Å². The molecule has 178 valence electrons. The Morgan fingerprint density at radius 1 is 1.24 bits per heavy atom. The Kier molecular flexibility index (Phi) is 7.60. The van der Waals surface area contributed by atoms with E-state index in [2.05, 4.69) is 27.4 Å². The lowest BCUT2D eigenvalue weighted by Crippen LogP contribution is -2.45. The maximum Gasteiger partial charge on any atom is 0.234 e. The van der Waals surface area contributed by atoms with Crippen LogP contribution in [0.25, 0.3) is 0 Å². The molecule has 0 saturated carbocycles. The fraction of sp³-hybridized carbons (Fsp3) is 0.542. The number of hydrogen-bond acceptors (Lipinski definition) is 6. The van der Waals surface area contributed by atoms with E-state index in [1.54, 1.807) is 7.11 Å². The molecule has 2 aliphatic heterocycles. The van der Waals surface area contributed by atoms with Crippen LogP contribution in [0.15, 0.2) is 30.3 Å². The second-order valence-corrected chi connectivity index (χ2v) is 9.25. The first kappa shape index (κ1) is 23.6. The van der Waals surface area contributed by atoms with Gasteiger partial charge in [0.05, 0.1) is 7.11 Å². The summed E-state index contributed by atoms with van der Waals surface area (Å²) in [5.41, 5.74) is 0.905. The summed E-state index contributed by atoms with van der Waals surface area (Å²) in [5.74, 6) is 1.50. The molecule has 1 atom stereocenters. The van der Waals surface area contributed by atoms with Crippen LogP contribution in [0, 0.1) is 5.82 Å². The van der Waals surface area contributed by atoms with Crippen molar-refractivity contribution in [3.63, 3.8) is 0 Å². The Morgan fingerprint density at radius 2 is 2.00 bits per heavy atom. The van der Waals surface area contributed by atoms with E-state index >= 15 is 0 Å². The molecule has 4 rings (SSSR count). The van der Waals surface area contributed by atoms with Crippen LogP contribution in [-0.4, -0.2) is 54.5 Å². The number of aromatic nitrogens is 2. The molecule has 33 heavy (non-hydrogen) atoms. The molecular formula is C24H32FN5O2S. The van der Waals surface area contributed by atoms with E-state index in [1.807, 2.05) is 18.2 Å². The highest BCUT2D eigenvalue weighted by molar-refractivity contribution is 7.80. The molecule has 0 amide bonds. The third-order valence-electron chi connectivity index (χ3n) is 6.71. The average Bonchev–Trinajstić information content (AvgIpc) is 2.84. The standard InChI is InChI=1S/C24H32FN5O2S/c1-17-5-3-4-12-30(17)20-15-21(31-2)28-22(27-20)29-23(33)26-16-24(10-13-32-14-11-24)18-6-8-19(25)9-7-18/h6-9,15,17H,3-5,10-14,16H2,1-2H3,(H2,26,27,28,29,33)/t17-/m0/s1. The number of anilines is 2. The molecule has 1 aromatic heterocycles. The van der Waals surface area contributed by atoms with Crippen LogP contribution in [-0.2, 0) is 10.2 Å². The van der Waals surface area contributed by atoms with Gasteiger partial charge in [0, 0.05) is 43.8 Å². The zero-order chi connectivity index (χ0) is 23.3. The lowest BCUT2D eigenvalue weighted by Gasteiger charge is -2.38. The molecule has 9 heteroatoms. The van der Waals surface area contributed by atoms with Gasteiger partial charge in [0.25, 0.3) is 0 Å². The summed E-state index contributed by atoms with van der Waals surface area (Å²) in [7, 11) is 1.60. The van der Waals surface area contributed by atoms with E-state index in [0.29, 0.717) is 42.7 Å². The quantitative estimate of drug-likeness (QED) is 0.610. The van der Waals surface area contributed by atoms with Crippen LogP contribution in [0.3, 0.4) is 0 Å². The minimum Gasteiger partial charge on any atom is -0.481 e. The van der Waals surface area contributed by atoms with Crippen molar-refractivity contribution in [1.82, 2.24) is 15.3 Å². The van der Waals surface area contributed by atoms with Gasteiger partial charge in [-0.2, -0.15) is 9.97 Å². The highest BCUT2D eigenvalue weighted by Crippen LogP contribution is 2.34. The van der Waals surface area contributed by atoms with Gasteiger partial charge in [-0.05, 0) is 68.9 Å². The zero-order valence-electron chi connectivity index (χ0n) is 19.3. The fourth-order valence-electron chi connectivity index (χ4n) is 4.69. The number of methoxy groups -OCH3 is 1. The van der Waals surface area contributed by atoms with Crippen LogP contribution >= 0.6 is 12.2 Å². The highest BCUT2D eigenvalue weighted by Gasteiger charge is 2.34. The molecule has 2 fully saturated rings. The van der Waals surface area contributed by atoms with Crippen LogP contribution in [0.4, 0.5) is 16.2 Å². The number of nitrogens with one attached hydrogen (secondary N) is 2. The van der Waals surface area contributed by atoms with Crippen LogP contribution < -0.4 is 20.3 Å². The minimum atomic E-state index is -0.236. The number of halogens is 1. The van der Waals surface area contributed by atoms with Gasteiger partial charge in [0.2, 0.25) is 11.8 Å². The summed E-state index contributed by atoms with van der Waals surface area (Å²) in [6.45, 7) is 5.11.